The van der Waals surface area contributed by atoms with Crippen LogP contribution in [0, 0.1) is 0 Å². The molecule has 1 saturated carbocycles. The highest BCUT2D eigenvalue weighted by Crippen LogP contribution is 2.57. The van der Waals surface area contributed by atoms with Gasteiger partial charge in [0.05, 0.1) is 22.4 Å². The molecule has 1 atom stereocenters. The van der Waals surface area contributed by atoms with E-state index in [0.717, 1.165) is 11.0 Å². The van der Waals surface area contributed by atoms with Crippen molar-refractivity contribution in [2.45, 2.75) is 37.8 Å². The molecule has 0 amide bonds. The summed E-state index contributed by atoms with van der Waals surface area (Å²) < 4.78 is 3.19. The van der Waals surface area contributed by atoms with E-state index in [4.69, 9.17) is 0 Å². The molecule has 0 spiro atoms. The van der Waals surface area contributed by atoms with Gasteiger partial charge < -0.3 is 5.32 Å². The quantitative estimate of drug-likeness (QED) is 0.904. The molecule has 0 saturated heterocycles. The number of rotatable bonds is 5. The second kappa shape index (κ2) is 5.34. The predicted octanol–water partition coefficient (Wildman–Crippen LogP) is 3.66. The fraction of sp³-hybridized carbons (Fsp3) is 0.438. The average molecular weight is 334 g/mol. The zero-order chi connectivity index (χ0) is 14.2. The third-order valence-corrected chi connectivity index (χ3v) is 5.00. The summed E-state index contributed by atoms with van der Waals surface area (Å²) in [5.74, 6) is 0. The summed E-state index contributed by atoms with van der Waals surface area (Å²) in [5, 5.41) is 8.00. The molecular weight excluding hydrogens is 314 g/mol. The van der Waals surface area contributed by atoms with Crippen molar-refractivity contribution < 1.29 is 0 Å². The summed E-state index contributed by atoms with van der Waals surface area (Å²) in [7, 11) is 2.05. The van der Waals surface area contributed by atoms with Gasteiger partial charge in [-0.25, -0.2) is 0 Å². The summed E-state index contributed by atoms with van der Waals surface area (Å²) in [6, 6.07) is 11.1. The van der Waals surface area contributed by atoms with E-state index >= 15 is 0 Å². The van der Waals surface area contributed by atoms with Crippen molar-refractivity contribution in [3.63, 3.8) is 0 Å². The highest BCUT2D eigenvalue weighted by molar-refractivity contribution is 9.10. The maximum Gasteiger partial charge on any atom is 0.0704 e. The number of aryl methyl sites for hydroxylation is 1. The molecule has 0 radical (unpaired) electrons. The van der Waals surface area contributed by atoms with Gasteiger partial charge in [-0.3, -0.25) is 4.68 Å². The van der Waals surface area contributed by atoms with Crippen LogP contribution in [0.25, 0.3) is 0 Å². The lowest BCUT2D eigenvalue weighted by atomic mass is 9.86. The smallest absolute Gasteiger partial charge is 0.0704 e. The molecule has 1 heterocycles. The second-order valence-corrected chi connectivity index (χ2v) is 6.29. The van der Waals surface area contributed by atoms with Gasteiger partial charge in [0.25, 0.3) is 0 Å². The summed E-state index contributed by atoms with van der Waals surface area (Å²) in [6.45, 7) is 3.03. The molecule has 2 aromatic rings. The molecular formula is C16H20BrN3. The number of likely N-dealkylation sites (N-methyl/N-ethyl adjacent to an activating group) is 1. The van der Waals surface area contributed by atoms with Crippen LogP contribution in [0.5, 0.6) is 0 Å². The van der Waals surface area contributed by atoms with Gasteiger partial charge in [0.2, 0.25) is 0 Å². The lowest BCUT2D eigenvalue weighted by molar-refractivity contribution is 0.423. The minimum absolute atomic E-state index is 0.214. The van der Waals surface area contributed by atoms with E-state index in [1.54, 1.807) is 0 Å². The van der Waals surface area contributed by atoms with Crippen LogP contribution in [-0.4, -0.2) is 16.8 Å². The summed E-state index contributed by atoms with van der Waals surface area (Å²) >= 11 is 3.67. The van der Waals surface area contributed by atoms with Gasteiger partial charge in [-0.05, 0) is 48.3 Å². The van der Waals surface area contributed by atoms with E-state index < -0.39 is 0 Å². The molecule has 1 unspecified atom stereocenters. The van der Waals surface area contributed by atoms with Gasteiger partial charge >= 0.3 is 0 Å². The SMILES string of the molecule is CCn1ncc(Br)c1C(NC)C1(c2ccccc2)CC1. The Morgan fingerprint density at radius 1 is 1.35 bits per heavy atom. The predicted molar refractivity (Wildman–Crippen MR) is 84.8 cm³/mol. The first kappa shape index (κ1) is 13.8. The van der Waals surface area contributed by atoms with E-state index in [0.29, 0.717) is 6.04 Å². The topological polar surface area (TPSA) is 29.9 Å². The second-order valence-electron chi connectivity index (χ2n) is 5.44. The Balaban J connectivity index is 2.04. The van der Waals surface area contributed by atoms with Crippen LogP contribution < -0.4 is 5.32 Å². The number of benzene rings is 1. The van der Waals surface area contributed by atoms with E-state index in [1.165, 1.54) is 24.1 Å². The van der Waals surface area contributed by atoms with Crippen LogP contribution >= 0.6 is 15.9 Å². The van der Waals surface area contributed by atoms with Crippen molar-refractivity contribution in [2.75, 3.05) is 7.05 Å². The Morgan fingerprint density at radius 2 is 2.05 bits per heavy atom. The Kier molecular flexibility index (Phi) is 3.69. The number of hydrogen-bond donors (Lipinski definition) is 1. The molecule has 106 valence electrons. The number of hydrogen-bond acceptors (Lipinski definition) is 2. The molecule has 1 aromatic heterocycles. The van der Waals surface area contributed by atoms with Gasteiger partial charge in [-0.2, -0.15) is 5.10 Å². The Bertz CT molecular complexity index is 587. The maximum absolute atomic E-state index is 4.47. The molecule has 4 heteroatoms. The largest absolute Gasteiger partial charge is 0.311 e. The third kappa shape index (κ3) is 2.11. The number of halogens is 1. The van der Waals surface area contributed by atoms with Crippen molar-refractivity contribution in [1.29, 1.82) is 0 Å². The van der Waals surface area contributed by atoms with Crippen LogP contribution in [0.2, 0.25) is 0 Å². The number of nitrogens with zero attached hydrogens (tertiary/aromatic N) is 2. The van der Waals surface area contributed by atoms with Crippen LogP contribution in [0.15, 0.2) is 41.0 Å². The number of nitrogens with one attached hydrogen (secondary N) is 1. The average Bonchev–Trinajstić information content (AvgIpc) is 3.21. The van der Waals surface area contributed by atoms with Gasteiger partial charge in [0.1, 0.15) is 0 Å². The normalized spacial score (nSPS) is 17.9. The van der Waals surface area contributed by atoms with Crippen LogP contribution in [0.1, 0.15) is 37.1 Å². The summed E-state index contributed by atoms with van der Waals surface area (Å²) in [6.07, 6.45) is 4.36. The van der Waals surface area contributed by atoms with Crippen molar-refractivity contribution >= 4 is 15.9 Å². The van der Waals surface area contributed by atoms with E-state index in [2.05, 4.69) is 68.3 Å². The first-order valence-corrected chi connectivity index (χ1v) is 7.96. The molecule has 1 aliphatic carbocycles. The molecule has 0 aliphatic heterocycles. The van der Waals surface area contributed by atoms with Crippen molar-refractivity contribution in [1.82, 2.24) is 15.1 Å². The lowest BCUT2D eigenvalue weighted by Crippen LogP contribution is -2.32. The summed E-state index contributed by atoms with van der Waals surface area (Å²) in [4.78, 5) is 0. The van der Waals surface area contributed by atoms with Crippen molar-refractivity contribution in [3.8, 4) is 0 Å². The van der Waals surface area contributed by atoms with Gasteiger partial charge in [-0.15, -0.1) is 0 Å². The molecule has 0 bridgehead atoms. The van der Waals surface area contributed by atoms with Gasteiger partial charge in [0.15, 0.2) is 0 Å². The zero-order valence-electron chi connectivity index (χ0n) is 11.9. The molecule has 1 aliphatic rings. The monoisotopic (exact) mass is 333 g/mol. The van der Waals surface area contributed by atoms with Crippen LogP contribution in [-0.2, 0) is 12.0 Å². The molecule has 1 fully saturated rings. The van der Waals surface area contributed by atoms with Gasteiger partial charge in [0, 0.05) is 12.0 Å². The molecule has 3 rings (SSSR count). The standard InChI is InChI=1S/C16H20BrN3/c1-3-20-14(13(17)11-19-20)15(18-2)16(9-10-16)12-7-5-4-6-8-12/h4-8,11,15,18H,3,9-10H2,1-2H3. The Hall–Kier alpha value is -1.13. The first-order chi connectivity index (χ1) is 9.73. The third-order valence-electron chi connectivity index (χ3n) is 4.38. The van der Waals surface area contributed by atoms with E-state index in [-0.39, 0.29) is 5.41 Å². The molecule has 20 heavy (non-hydrogen) atoms. The Morgan fingerprint density at radius 3 is 2.60 bits per heavy atom. The van der Waals surface area contributed by atoms with Crippen molar-refractivity contribution in [2.24, 2.45) is 0 Å². The van der Waals surface area contributed by atoms with Crippen LogP contribution in [0.4, 0.5) is 0 Å². The molecule has 1 aromatic carbocycles. The highest BCUT2D eigenvalue weighted by atomic mass is 79.9. The molecule has 3 nitrogen and oxygen atoms in total. The maximum atomic E-state index is 4.47. The van der Waals surface area contributed by atoms with Gasteiger partial charge in [-0.1, -0.05) is 30.3 Å². The fourth-order valence-corrected chi connectivity index (χ4v) is 3.76. The Labute approximate surface area is 128 Å². The minimum atomic E-state index is 0.214. The fourth-order valence-electron chi connectivity index (χ4n) is 3.23. The first-order valence-electron chi connectivity index (χ1n) is 7.17. The molecule has 1 N–H and O–H groups in total. The highest BCUT2D eigenvalue weighted by Gasteiger charge is 2.52. The van der Waals surface area contributed by atoms with Crippen LogP contribution in [0.3, 0.4) is 0 Å². The lowest BCUT2D eigenvalue weighted by Gasteiger charge is -2.28. The minimum Gasteiger partial charge on any atom is -0.311 e. The number of aromatic nitrogens is 2. The van der Waals surface area contributed by atoms with E-state index in [9.17, 15) is 0 Å². The summed E-state index contributed by atoms with van der Waals surface area (Å²) in [5.41, 5.74) is 2.90. The van der Waals surface area contributed by atoms with E-state index in [1.807, 2.05) is 13.2 Å². The zero-order valence-corrected chi connectivity index (χ0v) is 13.5. The van der Waals surface area contributed by atoms with Crippen molar-refractivity contribution in [3.05, 3.63) is 52.3 Å².